The molecule has 0 aliphatic carbocycles. The SMILES string of the molecule is CN(Cc1cnn(C)c1)C(=O)CNc1ccc(NC(=O)c2ccccc2)cc1C(F)(F)F. The fourth-order valence-electron chi connectivity index (χ4n) is 3.02. The number of alkyl halides is 3. The molecular weight excluding hydrogens is 423 g/mol. The van der Waals surface area contributed by atoms with Gasteiger partial charge in [0.05, 0.1) is 18.3 Å². The van der Waals surface area contributed by atoms with Gasteiger partial charge in [0.25, 0.3) is 5.91 Å². The van der Waals surface area contributed by atoms with Crippen LogP contribution >= 0.6 is 0 Å². The van der Waals surface area contributed by atoms with E-state index in [2.05, 4.69) is 15.7 Å². The zero-order chi connectivity index (χ0) is 23.3. The third-order valence-corrected chi connectivity index (χ3v) is 4.65. The van der Waals surface area contributed by atoms with E-state index in [0.29, 0.717) is 5.56 Å². The third kappa shape index (κ3) is 5.87. The Labute approximate surface area is 182 Å². The number of halogens is 3. The van der Waals surface area contributed by atoms with Crippen LogP contribution in [0.15, 0.2) is 60.9 Å². The van der Waals surface area contributed by atoms with Gasteiger partial charge in [-0.25, -0.2) is 0 Å². The minimum Gasteiger partial charge on any atom is -0.376 e. The van der Waals surface area contributed by atoms with Crippen molar-refractivity contribution in [1.82, 2.24) is 14.7 Å². The van der Waals surface area contributed by atoms with Gasteiger partial charge in [0.1, 0.15) is 0 Å². The second-order valence-electron chi connectivity index (χ2n) is 7.20. The highest BCUT2D eigenvalue weighted by atomic mass is 19.4. The molecule has 0 saturated heterocycles. The summed E-state index contributed by atoms with van der Waals surface area (Å²) in [7, 11) is 3.31. The number of carbonyl (C=O) groups excluding carboxylic acids is 2. The minimum absolute atomic E-state index is 0.00301. The van der Waals surface area contributed by atoms with E-state index in [1.54, 1.807) is 61.5 Å². The van der Waals surface area contributed by atoms with Gasteiger partial charge in [-0.05, 0) is 30.3 Å². The number of amides is 2. The first kappa shape index (κ1) is 22.9. The second kappa shape index (κ2) is 9.54. The van der Waals surface area contributed by atoms with E-state index in [1.165, 1.54) is 17.0 Å². The molecular formula is C22H22F3N5O2. The topological polar surface area (TPSA) is 79.3 Å². The molecule has 0 spiro atoms. The van der Waals surface area contributed by atoms with Crippen molar-refractivity contribution in [3.8, 4) is 0 Å². The van der Waals surface area contributed by atoms with Gasteiger partial charge in [-0.3, -0.25) is 14.3 Å². The Morgan fingerprint density at radius 3 is 2.47 bits per heavy atom. The molecule has 0 aliphatic heterocycles. The van der Waals surface area contributed by atoms with E-state index in [4.69, 9.17) is 0 Å². The highest BCUT2D eigenvalue weighted by Crippen LogP contribution is 2.36. The minimum atomic E-state index is -4.68. The lowest BCUT2D eigenvalue weighted by Gasteiger charge is -2.19. The Hall–Kier alpha value is -3.82. The van der Waals surface area contributed by atoms with Crippen LogP contribution < -0.4 is 10.6 Å². The number of hydrogen-bond donors (Lipinski definition) is 2. The number of carbonyl (C=O) groups is 2. The Morgan fingerprint density at radius 2 is 1.84 bits per heavy atom. The Kier molecular flexibility index (Phi) is 6.82. The zero-order valence-electron chi connectivity index (χ0n) is 17.5. The summed E-state index contributed by atoms with van der Waals surface area (Å²) in [6.45, 7) is -0.0412. The molecule has 2 N–H and O–H groups in total. The molecule has 0 fully saturated rings. The van der Waals surface area contributed by atoms with Crippen LogP contribution in [0.4, 0.5) is 24.5 Å². The summed E-state index contributed by atoms with van der Waals surface area (Å²) in [5.41, 5.74) is -0.107. The van der Waals surface area contributed by atoms with Gasteiger partial charge in [0, 0.05) is 49.3 Å². The van der Waals surface area contributed by atoms with Gasteiger partial charge in [-0.1, -0.05) is 18.2 Å². The average molecular weight is 445 g/mol. The zero-order valence-corrected chi connectivity index (χ0v) is 17.5. The number of aromatic nitrogens is 2. The predicted molar refractivity (Wildman–Crippen MR) is 114 cm³/mol. The van der Waals surface area contributed by atoms with Crippen LogP contribution in [0, 0.1) is 0 Å². The van der Waals surface area contributed by atoms with Gasteiger partial charge < -0.3 is 15.5 Å². The van der Waals surface area contributed by atoms with Crippen molar-refractivity contribution in [2.75, 3.05) is 24.2 Å². The maximum absolute atomic E-state index is 13.6. The summed E-state index contributed by atoms with van der Waals surface area (Å²) in [6.07, 6.45) is -1.32. The molecule has 168 valence electrons. The number of nitrogens with zero attached hydrogens (tertiary/aromatic N) is 3. The predicted octanol–water partition coefficient (Wildman–Crippen LogP) is 3.76. The number of nitrogens with one attached hydrogen (secondary N) is 2. The number of anilines is 2. The fraction of sp³-hybridized carbons (Fsp3) is 0.227. The summed E-state index contributed by atoms with van der Waals surface area (Å²) >= 11 is 0. The highest BCUT2D eigenvalue weighted by molar-refractivity contribution is 6.04. The van der Waals surface area contributed by atoms with Crippen molar-refractivity contribution in [3.63, 3.8) is 0 Å². The molecule has 0 aliphatic rings. The maximum atomic E-state index is 13.6. The summed E-state index contributed by atoms with van der Waals surface area (Å²) < 4.78 is 42.4. The number of rotatable bonds is 7. The molecule has 0 bridgehead atoms. The van der Waals surface area contributed by atoms with Gasteiger partial charge in [-0.2, -0.15) is 18.3 Å². The van der Waals surface area contributed by atoms with E-state index in [0.717, 1.165) is 11.6 Å². The number of benzene rings is 2. The standard InChI is InChI=1S/C22H22F3N5O2/c1-29(13-15-11-27-30(2)14-15)20(31)12-26-19-9-8-17(10-18(19)22(23,24)25)28-21(32)16-6-4-3-5-7-16/h3-11,14,26H,12-13H2,1-2H3,(H,28,32). The van der Waals surface area contributed by atoms with Crippen molar-refractivity contribution in [3.05, 3.63) is 77.6 Å². The lowest BCUT2D eigenvalue weighted by Crippen LogP contribution is -2.32. The summed E-state index contributed by atoms with van der Waals surface area (Å²) in [5, 5.41) is 9.04. The molecule has 32 heavy (non-hydrogen) atoms. The molecule has 0 saturated carbocycles. The number of aryl methyl sites for hydroxylation is 1. The smallest absolute Gasteiger partial charge is 0.376 e. The van der Waals surface area contributed by atoms with Gasteiger partial charge in [-0.15, -0.1) is 0 Å². The van der Waals surface area contributed by atoms with Crippen LogP contribution in [-0.2, 0) is 24.6 Å². The molecule has 0 unspecified atom stereocenters. The molecule has 0 radical (unpaired) electrons. The van der Waals surface area contributed by atoms with Crippen molar-refractivity contribution in [1.29, 1.82) is 0 Å². The Morgan fingerprint density at radius 1 is 1.12 bits per heavy atom. The molecule has 0 atom stereocenters. The Bertz CT molecular complexity index is 1100. The first-order chi connectivity index (χ1) is 15.1. The average Bonchev–Trinajstić information content (AvgIpc) is 3.16. The van der Waals surface area contributed by atoms with Crippen LogP contribution in [0.1, 0.15) is 21.5 Å². The molecule has 1 heterocycles. The second-order valence-corrected chi connectivity index (χ2v) is 7.20. The molecule has 10 heteroatoms. The van der Waals surface area contributed by atoms with Crippen LogP contribution in [0.25, 0.3) is 0 Å². The maximum Gasteiger partial charge on any atom is 0.418 e. The molecule has 2 amide bonds. The van der Waals surface area contributed by atoms with E-state index >= 15 is 0 Å². The van der Waals surface area contributed by atoms with E-state index in [1.807, 2.05) is 0 Å². The largest absolute Gasteiger partial charge is 0.418 e. The normalized spacial score (nSPS) is 11.2. The van der Waals surface area contributed by atoms with E-state index in [-0.39, 0.29) is 30.4 Å². The molecule has 7 nitrogen and oxygen atoms in total. The number of hydrogen-bond acceptors (Lipinski definition) is 4. The first-order valence-corrected chi connectivity index (χ1v) is 9.66. The summed E-state index contributed by atoms with van der Waals surface area (Å²) in [5.74, 6) is -0.907. The summed E-state index contributed by atoms with van der Waals surface area (Å²) in [6, 6.07) is 11.5. The van der Waals surface area contributed by atoms with Gasteiger partial charge in [0.15, 0.2) is 0 Å². The quantitative estimate of drug-likeness (QED) is 0.581. The highest BCUT2D eigenvalue weighted by Gasteiger charge is 2.34. The van der Waals surface area contributed by atoms with Gasteiger partial charge in [0.2, 0.25) is 5.91 Å². The first-order valence-electron chi connectivity index (χ1n) is 9.66. The van der Waals surface area contributed by atoms with Crippen LogP contribution in [0.3, 0.4) is 0 Å². The summed E-state index contributed by atoms with van der Waals surface area (Å²) in [4.78, 5) is 26.0. The lowest BCUT2D eigenvalue weighted by molar-refractivity contribution is -0.137. The van der Waals surface area contributed by atoms with Crippen molar-refractivity contribution < 1.29 is 22.8 Å². The van der Waals surface area contributed by atoms with Crippen LogP contribution in [0.2, 0.25) is 0 Å². The molecule has 3 aromatic rings. The Balaban J connectivity index is 1.69. The third-order valence-electron chi connectivity index (χ3n) is 4.65. The molecule has 3 rings (SSSR count). The van der Waals surface area contributed by atoms with E-state index in [9.17, 15) is 22.8 Å². The van der Waals surface area contributed by atoms with Crippen LogP contribution in [0.5, 0.6) is 0 Å². The molecule has 1 aromatic heterocycles. The van der Waals surface area contributed by atoms with E-state index < -0.39 is 17.6 Å². The van der Waals surface area contributed by atoms with Crippen molar-refractivity contribution >= 4 is 23.2 Å². The van der Waals surface area contributed by atoms with Crippen molar-refractivity contribution in [2.45, 2.75) is 12.7 Å². The monoisotopic (exact) mass is 445 g/mol. The lowest BCUT2D eigenvalue weighted by atomic mass is 10.1. The fourth-order valence-corrected chi connectivity index (χ4v) is 3.02. The molecule has 2 aromatic carbocycles. The van der Waals surface area contributed by atoms with Gasteiger partial charge >= 0.3 is 6.18 Å². The van der Waals surface area contributed by atoms with Crippen LogP contribution in [-0.4, -0.2) is 40.1 Å². The number of likely N-dealkylation sites (N-methyl/N-ethyl adjacent to an activating group) is 1. The van der Waals surface area contributed by atoms with Crippen molar-refractivity contribution in [2.24, 2.45) is 7.05 Å².